The first-order valence-electron chi connectivity index (χ1n) is 5.95. The van der Waals surface area contributed by atoms with Crippen molar-refractivity contribution >= 4 is 17.5 Å². The van der Waals surface area contributed by atoms with Crippen molar-refractivity contribution in [2.24, 2.45) is 5.73 Å². The average molecular weight is 271 g/mol. The van der Waals surface area contributed by atoms with Crippen molar-refractivity contribution in [3.8, 4) is 5.75 Å². The lowest BCUT2D eigenvalue weighted by molar-refractivity contribution is -0.127. The molecule has 1 amide bonds. The molecule has 0 aliphatic carbocycles. The molecule has 5 heteroatoms. The molecule has 0 radical (unpaired) electrons. The molecule has 18 heavy (non-hydrogen) atoms. The van der Waals surface area contributed by atoms with Gasteiger partial charge in [-0.15, -0.1) is 0 Å². The zero-order chi connectivity index (χ0) is 13.5. The van der Waals surface area contributed by atoms with Gasteiger partial charge in [0.2, 0.25) is 0 Å². The number of halogens is 1. The number of carbonyl (C=O) groups excluding carboxylic acids is 1. The number of nitrogens with two attached hydrogens (primary N) is 1. The number of para-hydroxylation sites is 1. The van der Waals surface area contributed by atoms with E-state index in [1.807, 2.05) is 19.1 Å². The molecule has 2 atom stereocenters. The molecule has 0 aliphatic heterocycles. The van der Waals surface area contributed by atoms with Gasteiger partial charge in [-0.3, -0.25) is 4.79 Å². The number of hydrogen-bond donors (Lipinski definition) is 2. The Labute approximate surface area is 112 Å². The van der Waals surface area contributed by atoms with Crippen molar-refractivity contribution in [2.75, 3.05) is 6.54 Å². The van der Waals surface area contributed by atoms with Crippen LogP contribution in [0.5, 0.6) is 5.75 Å². The van der Waals surface area contributed by atoms with Crippen LogP contribution in [0, 0.1) is 0 Å². The highest BCUT2D eigenvalue weighted by Gasteiger charge is 2.15. The van der Waals surface area contributed by atoms with Gasteiger partial charge in [0, 0.05) is 12.6 Å². The monoisotopic (exact) mass is 270 g/mol. The van der Waals surface area contributed by atoms with Gasteiger partial charge in [-0.2, -0.15) is 0 Å². The Morgan fingerprint density at radius 2 is 2.11 bits per heavy atom. The molecule has 0 fully saturated rings. The molecule has 1 rings (SSSR count). The van der Waals surface area contributed by atoms with E-state index in [1.165, 1.54) is 0 Å². The van der Waals surface area contributed by atoms with Crippen LogP contribution in [-0.4, -0.2) is 24.6 Å². The first-order valence-corrected chi connectivity index (χ1v) is 6.33. The number of amides is 1. The minimum absolute atomic E-state index is 0.0742. The van der Waals surface area contributed by atoms with E-state index < -0.39 is 6.10 Å². The number of rotatable bonds is 6. The first kappa shape index (κ1) is 14.8. The lowest BCUT2D eigenvalue weighted by Crippen LogP contribution is -2.38. The molecule has 0 saturated carbocycles. The van der Waals surface area contributed by atoms with Crippen LogP contribution in [0.15, 0.2) is 24.3 Å². The molecule has 0 heterocycles. The van der Waals surface area contributed by atoms with Crippen LogP contribution in [0.25, 0.3) is 0 Å². The van der Waals surface area contributed by atoms with E-state index in [1.54, 1.807) is 19.1 Å². The minimum Gasteiger partial charge on any atom is -0.479 e. The van der Waals surface area contributed by atoms with Gasteiger partial charge >= 0.3 is 0 Å². The standard InChI is InChI=1S/C13H19ClN2O2/c1-9(15)7-8-16-13(17)10(2)18-12-6-4-3-5-11(12)14/h3-6,9-10H,7-8,15H2,1-2H3,(H,16,17). The fraction of sp³-hybridized carbons (Fsp3) is 0.462. The van der Waals surface area contributed by atoms with E-state index in [4.69, 9.17) is 22.1 Å². The second-order valence-corrected chi connectivity index (χ2v) is 4.65. The van der Waals surface area contributed by atoms with Crippen molar-refractivity contribution in [1.82, 2.24) is 5.32 Å². The zero-order valence-corrected chi connectivity index (χ0v) is 11.4. The lowest BCUT2D eigenvalue weighted by atomic mass is 10.2. The maximum Gasteiger partial charge on any atom is 0.260 e. The fourth-order valence-corrected chi connectivity index (χ4v) is 1.53. The number of hydrogen-bond acceptors (Lipinski definition) is 3. The SMILES string of the molecule is CC(N)CCNC(=O)C(C)Oc1ccccc1Cl. The predicted octanol–water partition coefficient (Wildman–Crippen LogP) is 1.96. The Morgan fingerprint density at radius 3 is 2.72 bits per heavy atom. The van der Waals surface area contributed by atoms with Gasteiger partial charge in [-0.05, 0) is 32.4 Å². The van der Waals surface area contributed by atoms with Crippen molar-refractivity contribution in [1.29, 1.82) is 0 Å². The lowest BCUT2D eigenvalue weighted by Gasteiger charge is -2.15. The minimum atomic E-state index is -0.585. The summed E-state index contributed by atoms with van der Waals surface area (Å²) in [4.78, 5) is 11.7. The molecule has 0 aliphatic rings. The molecule has 0 spiro atoms. The maximum absolute atomic E-state index is 11.7. The second-order valence-electron chi connectivity index (χ2n) is 4.25. The largest absolute Gasteiger partial charge is 0.479 e. The highest BCUT2D eigenvalue weighted by Crippen LogP contribution is 2.24. The van der Waals surface area contributed by atoms with Gasteiger partial charge < -0.3 is 15.8 Å². The molecule has 1 aromatic carbocycles. The third kappa shape index (κ3) is 4.94. The van der Waals surface area contributed by atoms with Crippen LogP contribution < -0.4 is 15.8 Å². The van der Waals surface area contributed by atoms with Crippen LogP contribution >= 0.6 is 11.6 Å². The van der Waals surface area contributed by atoms with Gasteiger partial charge in [-0.1, -0.05) is 23.7 Å². The summed E-state index contributed by atoms with van der Waals surface area (Å²) < 4.78 is 5.49. The van der Waals surface area contributed by atoms with E-state index in [-0.39, 0.29) is 11.9 Å². The molecule has 2 unspecified atom stereocenters. The first-order chi connectivity index (χ1) is 8.50. The normalized spacial score (nSPS) is 13.8. The van der Waals surface area contributed by atoms with Crippen LogP contribution in [-0.2, 0) is 4.79 Å². The van der Waals surface area contributed by atoms with E-state index in [0.29, 0.717) is 17.3 Å². The summed E-state index contributed by atoms with van der Waals surface area (Å²) in [5, 5.41) is 3.26. The van der Waals surface area contributed by atoms with E-state index >= 15 is 0 Å². The van der Waals surface area contributed by atoms with Crippen molar-refractivity contribution < 1.29 is 9.53 Å². The number of nitrogens with one attached hydrogen (secondary N) is 1. The molecular formula is C13H19ClN2O2. The molecule has 0 aromatic heterocycles. The Balaban J connectivity index is 2.43. The van der Waals surface area contributed by atoms with Gasteiger partial charge in [0.15, 0.2) is 6.10 Å². The Hall–Kier alpha value is -1.26. The van der Waals surface area contributed by atoms with Gasteiger partial charge in [0.05, 0.1) is 5.02 Å². The molecule has 3 N–H and O–H groups in total. The Bertz CT molecular complexity index is 396. The van der Waals surface area contributed by atoms with E-state index in [2.05, 4.69) is 5.32 Å². The number of benzene rings is 1. The summed E-state index contributed by atoms with van der Waals surface area (Å²) in [6.45, 7) is 4.13. The van der Waals surface area contributed by atoms with Crippen LogP contribution in [0.2, 0.25) is 5.02 Å². The van der Waals surface area contributed by atoms with Gasteiger partial charge in [0.25, 0.3) is 5.91 Å². The van der Waals surface area contributed by atoms with Crippen LogP contribution in [0.1, 0.15) is 20.3 Å². The quantitative estimate of drug-likeness (QED) is 0.831. The topological polar surface area (TPSA) is 64.3 Å². The molecule has 0 saturated heterocycles. The van der Waals surface area contributed by atoms with Crippen LogP contribution in [0.4, 0.5) is 0 Å². The van der Waals surface area contributed by atoms with Gasteiger partial charge in [-0.25, -0.2) is 0 Å². The summed E-state index contributed by atoms with van der Waals surface area (Å²) in [5.41, 5.74) is 5.60. The Morgan fingerprint density at radius 1 is 1.44 bits per heavy atom. The highest BCUT2D eigenvalue weighted by atomic mass is 35.5. The summed E-state index contributed by atoms with van der Waals surface area (Å²) >= 11 is 5.95. The summed E-state index contributed by atoms with van der Waals surface area (Å²) in [5.74, 6) is 0.338. The molecule has 1 aromatic rings. The molecule has 0 bridgehead atoms. The van der Waals surface area contributed by atoms with Crippen molar-refractivity contribution in [3.05, 3.63) is 29.3 Å². The van der Waals surface area contributed by atoms with Crippen LogP contribution in [0.3, 0.4) is 0 Å². The summed E-state index contributed by atoms with van der Waals surface area (Å²) in [6.07, 6.45) is 0.155. The Kier molecular flexibility index (Phi) is 5.95. The fourth-order valence-electron chi connectivity index (χ4n) is 1.35. The smallest absolute Gasteiger partial charge is 0.260 e. The average Bonchev–Trinajstić information content (AvgIpc) is 2.31. The number of ether oxygens (including phenoxy) is 1. The molecule has 4 nitrogen and oxygen atoms in total. The van der Waals surface area contributed by atoms with Crippen molar-refractivity contribution in [2.45, 2.75) is 32.4 Å². The van der Waals surface area contributed by atoms with Crippen molar-refractivity contribution in [3.63, 3.8) is 0 Å². The molecule has 100 valence electrons. The molecular weight excluding hydrogens is 252 g/mol. The third-order valence-electron chi connectivity index (χ3n) is 2.41. The van der Waals surface area contributed by atoms with E-state index in [0.717, 1.165) is 6.42 Å². The third-order valence-corrected chi connectivity index (χ3v) is 2.72. The second kappa shape index (κ2) is 7.24. The zero-order valence-electron chi connectivity index (χ0n) is 10.7. The van der Waals surface area contributed by atoms with E-state index in [9.17, 15) is 4.79 Å². The highest BCUT2D eigenvalue weighted by molar-refractivity contribution is 6.32. The number of carbonyl (C=O) groups is 1. The summed E-state index contributed by atoms with van der Waals surface area (Å²) in [6, 6.07) is 7.14. The maximum atomic E-state index is 11.7. The van der Waals surface area contributed by atoms with Gasteiger partial charge in [0.1, 0.15) is 5.75 Å². The summed E-state index contributed by atoms with van der Waals surface area (Å²) in [7, 11) is 0. The predicted molar refractivity (Wildman–Crippen MR) is 72.8 cm³/mol.